The molecule has 0 aliphatic carbocycles. The number of sulfonamides is 1. The van der Waals surface area contributed by atoms with Crippen LogP contribution in [0.4, 0.5) is 4.39 Å². The van der Waals surface area contributed by atoms with Crippen LogP contribution in [-0.4, -0.2) is 52.0 Å². The van der Waals surface area contributed by atoms with Crippen molar-refractivity contribution < 1.29 is 27.1 Å². The molecule has 0 bridgehead atoms. The van der Waals surface area contributed by atoms with Crippen LogP contribution < -0.4 is 10.1 Å². The second-order valence-corrected chi connectivity index (χ2v) is 8.10. The van der Waals surface area contributed by atoms with Gasteiger partial charge in [0.05, 0.1) is 20.3 Å². The summed E-state index contributed by atoms with van der Waals surface area (Å²) in [6, 6.07) is 10.5. The van der Waals surface area contributed by atoms with Gasteiger partial charge in [0.25, 0.3) is 5.91 Å². The first kappa shape index (κ1) is 20.2. The molecule has 9 heteroatoms. The minimum Gasteiger partial charge on any atom is -0.497 e. The van der Waals surface area contributed by atoms with Gasteiger partial charge in [-0.15, -0.1) is 0 Å². The van der Waals surface area contributed by atoms with Crippen molar-refractivity contribution in [3.63, 3.8) is 0 Å². The van der Waals surface area contributed by atoms with Gasteiger partial charge in [0.15, 0.2) is 0 Å². The molecule has 2 aromatic carbocycles. The van der Waals surface area contributed by atoms with E-state index in [4.69, 9.17) is 9.47 Å². The molecule has 1 amide bonds. The van der Waals surface area contributed by atoms with E-state index < -0.39 is 26.6 Å². The van der Waals surface area contributed by atoms with Crippen LogP contribution in [0.5, 0.6) is 5.75 Å². The zero-order valence-electron chi connectivity index (χ0n) is 15.4. The van der Waals surface area contributed by atoms with Gasteiger partial charge in [0.1, 0.15) is 16.5 Å². The smallest absolute Gasteiger partial charge is 0.251 e. The minimum atomic E-state index is -4.04. The third-order valence-electron chi connectivity index (χ3n) is 4.39. The Hall–Kier alpha value is -2.49. The molecule has 1 aliphatic heterocycles. The lowest BCUT2D eigenvalue weighted by Crippen LogP contribution is -2.41. The van der Waals surface area contributed by atoms with Gasteiger partial charge in [0.2, 0.25) is 10.0 Å². The maximum absolute atomic E-state index is 14.2. The lowest BCUT2D eigenvalue weighted by Gasteiger charge is -2.26. The van der Waals surface area contributed by atoms with Gasteiger partial charge >= 0.3 is 0 Å². The number of carbonyl (C=O) groups excluding carboxylic acids is 1. The molecule has 0 aromatic heterocycles. The molecule has 7 nitrogen and oxygen atoms in total. The Morgan fingerprint density at radius 1 is 1.18 bits per heavy atom. The van der Waals surface area contributed by atoms with Crippen molar-refractivity contribution in [3.8, 4) is 5.75 Å². The van der Waals surface area contributed by atoms with Crippen LogP contribution in [0.25, 0.3) is 0 Å². The molecule has 0 radical (unpaired) electrons. The number of hydrogen-bond donors (Lipinski definition) is 1. The third-order valence-corrected chi connectivity index (χ3v) is 6.31. The van der Waals surface area contributed by atoms with E-state index >= 15 is 0 Å². The second kappa shape index (κ2) is 8.68. The minimum absolute atomic E-state index is 0.0711. The van der Waals surface area contributed by atoms with Crippen molar-refractivity contribution in [2.45, 2.75) is 11.4 Å². The first-order valence-electron chi connectivity index (χ1n) is 8.70. The summed E-state index contributed by atoms with van der Waals surface area (Å²) in [6.07, 6.45) is 0. The van der Waals surface area contributed by atoms with E-state index in [1.165, 1.54) is 6.07 Å². The van der Waals surface area contributed by atoms with Gasteiger partial charge in [-0.05, 0) is 35.9 Å². The molecule has 0 atom stereocenters. The molecule has 1 heterocycles. The van der Waals surface area contributed by atoms with E-state index in [2.05, 4.69) is 5.32 Å². The van der Waals surface area contributed by atoms with E-state index in [-0.39, 0.29) is 38.4 Å². The zero-order chi connectivity index (χ0) is 20.1. The van der Waals surface area contributed by atoms with Crippen LogP contribution in [0.1, 0.15) is 15.9 Å². The number of ether oxygens (including phenoxy) is 2. The van der Waals surface area contributed by atoms with E-state index in [1.807, 2.05) is 0 Å². The first-order chi connectivity index (χ1) is 13.4. The van der Waals surface area contributed by atoms with E-state index in [0.717, 1.165) is 22.0 Å². The van der Waals surface area contributed by atoms with Gasteiger partial charge in [0, 0.05) is 25.2 Å². The van der Waals surface area contributed by atoms with Crippen LogP contribution >= 0.6 is 0 Å². The molecular weight excluding hydrogens is 387 g/mol. The van der Waals surface area contributed by atoms with Crippen molar-refractivity contribution in [3.05, 3.63) is 59.4 Å². The quantitative estimate of drug-likeness (QED) is 0.788. The fourth-order valence-electron chi connectivity index (χ4n) is 2.80. The van der Waals surface area contributed by atoms with Gasteiger partial charge in [-0.1, -0.05) is 12.1 Å². The maximum Gasteiger partial charge on any atom is 0.251 e. The van der Waals surface area contributed by atoms with Crippen molar-refractivity contribution >= 4 is 15.9 Å². The summed E-state index contributed by atoms with van der Waals surface area (Å²) in [5, 5.41) is 2.70. The fourth-order valence-corrected chi connectivity index (χ4v) is 4.29. The molecule has 0 spiro atoms. The monoisotopic (exact) mass is 408 g/mol. The number of nitrogens with zero attached hydrogens (tertiary/aromatic N) is 1. The highest BCUT2D eigenvalue weighted by Gasteiger charge is 2.29. The van der Waals surface area contributed by atoms with Crippen molar-refractivity contribution in [2.24, 2.45) is 0 Å². The number of carbonyl (C=O) groups is 1. The van der Waals surface area contributed by atoms with E-state index in [1.54, 1.807) is 31.4 Å². The van der Waals surface area contributed by atoms with Crippen molar-refractivity contribution in [1.29, 1.82) is 0 Å². The summed E-state index contributed by atoms with van der Waals surface area (Å²) in [6.45, 7) is 1.04. The molecule has 28 heavy (non-hydrogen) atoms. The normalized spacial score (nSPS) is 15.2. The van der Waals surface area contributed by atoms with Crippen molar-refractivity contribution in [1.82, 2.24) is 9.62 Å². The Bertz CT molecular complexity index is 941. The highest BCUT2D eigenvalue weighted by molar-refractivity contribution is 7.89. The van der Waals surface area contributed by atoms with Crippen LogP contribution in [0.2, 0.25) is 0 Å². The summed E-state index contributed by atoms with van der Waals surface area (Å²) in [5.74, 6) is -0.681. The fraction of sp³-hybridized carbons (Fsp3) is 0.316. The third kappa shape index (κ3) is 4.49. The number of methoxy groups -OCH3 is 1. The molecule has 1 N–H and O–H groups in total. The number of hydrogen-bond acceptors (Lipinski definition) is 5. The van der Waals surface area contributed by atoms with Gasteiger partial charge in [-0.2, -0.15) is 4.31 Å². The molecule has 0 saturated carbocycles. The van der Waals surface area contributed by atoms with Gasteiger partial charge < -0.3 is 14.8 Å². The lowest BCUT2D eigenvalue weighted by atomic mass is 10.2. The molecular formula is C19H21FN2O5S. The molecule has 150 valence electrons. The van der Waals surface area contributed by atoms with Crippen LogP contribution in [0, 0.1) is 5.82 Å². The molecule has 2 aromatic rings. The number of morpholine rings is 1. The van der Waals surface area contributed by atoms with E-state index in [0.29, 0.717) is 5.75 Å². The molecule has 1 aliphatic rings. The highest BCUT2D eigenvalue weighted by Crippen LogP contribution is 2.22. The topological polar surface area (TPSA) is 84.9 Å². The first-order valence-corrected chi connectivity index (χ1v) is 10.1. The Morgan fingerprint density at radius 2 is 1.86 bits per heavy atom. The van der Waals surface area contributed by atoms with Gasteiger partial charge in [-0.3, -0.25) is 4.79 Å². The number of halogens is 1. The molecule has 3 rings (SSSR count). The van der Waals surface area contributed by atoms with Crippen LogP contribution in [0.3, 0.4) is 0 Å². The number of rotatable bonds is 6. The molecule has 0 unspecified atom stereocenters. The Labute approximate surface area is 163 Å². The predicted octanol–water partition coefficient (Wildman–Crippen LogP) is 1.79. The average molecular weight is 408 g/mol. The van der Waals surface area contributed by atoms with Crippen LogP contribution in [0.15, 0.2) is 47.4 Å². The Kier molecular flexibility index (Phi) is 6.28. The Morgan fingerprint density at radius 3 is 2.50 bits per heavy atom. The second-order valence-electron chi connectivity index (χ2n) is 6.19. The highest BCUT2D eigenvalue weighted by atomic mass is 32.2. The summed E-state index contributed by atoms with van der Waals surface area (Å²) < 4.78 is 51.0. The maximum atomic E-state index is 14.2. The van der Waals surface area contributed by atoms with Crippen molar-refractivity contribution in [2.75, 3.05) is 33.4 Å². The standard InChI is InChI=1S/C19H21FN2O5S/c1-26-16-5-2-14(3-6-16)13-21-19(23)15-4-7-17(20)18(12-15)28(24,25)22-8-10-27-11-9-22/h2-7,12H,8-11,13H2,1H3,(H,21,23). The summed E-state index contributed by atoms with van der Waals surface area (Å²) in [4.78, 5) is 11.9. The summed E-state index contributed by atoms with van der Waals surface area (Å²) >= 11 is 0. The van der Waals surface area contributed by atoms with E-state index in [9.17, 15) is 17.6 Å². The largest absolute Gasteiger partial charge is 0.497 e. The average Bonchev–Trinajstić information content (AvgIpc) is 2.73. The SMILES string of the molecule is COc1ccc(CNC(=O)c2ccc(F)c(S(=O)(=O)N3CCOCC3)c2)cc1. The summed E-state index contributed by atoms with van der Waals surface area (Å²) in [5.41, 5.74) is 0.916. The van der Waals surface area contributed by atoms with Crippen LogP contribution in [-0.2, 0) is 21.3 Å². The molecule has 1 saturated heterocycles. The number of benzene rings is 2. The predicted molar refractivity (Wildman–Crippen MR) is 100 cm³/mol. The summed E-state index contributed by atoms with van der Waals surface area (Å²) in [7, 11) is -2.48. The lowest BCUT2D eigenvalue weighted by molar-refractivity contribution is 0.0729. The van der Waals surface area contributed by atoms with Gasteiger partial charge in [-0.25, -0.2) is 12.8 Å². The number of nitrogens with one attached hydrogen (secondary N) is 1. The molecule has 1 fully saturated rings. The Balaban J connectivity index is 1.75. The number of amides is 1. The zero-order valence-corrected chi connectivity index (χ0v) is 16.2.